The number of urea groups is 1. The van der Waals surface area contributed by atoms with E-state index in [0.29, 0.717) is 19.6 Å². The molecule has 24 heavy (non-hydrogen) atoms. The summed E-state index contributed by atoms with van der Waals surface area (Å²) in [6.07, 6.45) is 5.03. The molecule has 0 atom stereocenters. The second-order valence-electron chi connectivity index (χ2n) is 6.05. The highest BCUT2D eigenvalue weighted by Gasteiger charge is 2.21. The van der Waals surface area contributed by atoms with Crippen molar-refractivity contribution in [2.75, 3.05) is 26.7 Å². The van der Waals surface area contributed by atoms with Crippen molar-refractivity contribution in [2.24, 2.45) is 5.92 Å². The van der Waals surface area contributed by atoms with E-state index in [0.717, 1.165) is 43.4 Å². The van der Waals surface area contributed by atoms with Crippen molar-refractivity contribution in [3.05, 3.63) is 29.8 Å². The highest BCUT2D eigenvalue weighted by molar-refractivity contribution is 5.79. The van der Waals surface area contributed by atoms with Gasteiger partial charge in [0.05, 0.1) is 7.11 Å². The SMILES string of the molecule is COc1ccc(CCNC(=O)NCCNC(=O)C2CCCC2)cc1. The summed E-state index contributed by atoms with van der Waals surface area (Å²) in [6.45, 7) is 1.47. The summed E-state index contributed by atoms with van der Waals surface area (Å²) < 4.78 is 5.11. The second-order valence-corrected chi connectivity index (χ2v) is 6.05. The molecule has 132 valence electrons. The zero-order valence-electron chi connectivity index (χ0n) is 14.3. The Morgan fingerprint density at radius 2 is 1.62 bits per heavy atom. The van der Waals surface area contributed by atoms with Gasteiger partial charge in [0, 0.05) is 25.6 Å². The molecule has 1 aliphatic rings. The number of nitrogens with one attached hydrogen (secondary N) is 3. The van der Waals surface area contributed by atoms with Crippen LogP contribution in [-0.2, 0) is 11.2 Å². The number of amides is 3. The van der Waals surface area contributed by atoms with Crippen molar-refractivity contribution in [2.45, 2.75) is 32.1 Å². The van der Waals surface area contributed by atoms with Crippen LogP contribution < -0.4 is 20.7 Å². The molecule has 0 aliphatic heterocycles. The minimum atomic E-state index is -0.210. The Hall–Kier alpha value is -2.24. The molecular weight excluding hydrogens is 306 g/mol. The van der Waals surface area contributed by atoms with E-state index in [1.807, 2.05) is 24.3 Å². The van der Waals surface area contributed by atoms with Gasteiger partial charge in [0.2, 0.25) is 5.91 Å². The van der Waals surface area contributed by atoms with Gasteiger partial charge < -0.3 is 20.7 Å². The Labute approximate surface area is 143 Å². The van der Waals surface area contributed by atoms with Crippen molar-refractivity contribution < 1.29 is 14.3 Å². The first kappa shape index (κ1) is 18.1. The smallest absolute Gasteiger partial charge is 0.314 e. The van der Waals surface area contributed by atoms with Gasteiger partial charge in [-0.2, -0.15) is 0 Å². The van der Waals surface area contributed by atoms with Crippen LogP contribution in [0.4, 0.5) is 4.79 Å². The minimum absolute atomic E-state index is 0.120. The molecule has 1 fully saturated rings. The molecule has 3 N–H and O–H groups in total. The highest BCUT2D eigenvalue weighted by atomic mass is 16.5. The van der Waals surface area contributed by atoms with Crippen LogP contribution in [0.1, 0.15) is 31.2 Å². The number of carbonyl (C=O) groups excluding carboxylic acids is 2. The largest absolute Gasteiger partial charge is 0.497 e. The molecule has 1 saturated carbocycles. The summed E-state index contributed by atoms with van der Waals surface area (Å²) in [5, 5.41) is 8.44. The summed E-state index contributed by atoms with van der Waals surface area (Å²) >= 11 is 0. The second kappa shape index (κ2) is 9.80. The molecule has 6 heteroatoms. The molecule has 0 radical (unpaired) electrons. The van der Waals surface area contributed by atoms with Crippen LogP contribution in [-0.4, -0.2) is 38.7 Å². The maximum absolute atomic E-state index is 11.8. The number of methoxy groups -OCH3 is 1. The standard InChI is InChI=1S/C18H27N3O3/c1-24-16-8-6-14(7-9-16)10-11-20-18(23)21-13-12-19-17(22)15-4-2-3-5-15/h6-9,15H,2-5,10-13H2,1H3,(H,19,22)(H2,20,21,23). The quantitative estimate of drug-likeness (QED) is 0.635. The van der Waals surface area contributed by atoms with Crippen molar-refractivity contribution in [1.82, 2.24) is 16.0 Å². The van der Waals surface area contributed by atoms with Gasteiger partial charge in [-0.3, -0.25) is 4.79 Å². The van der Waals surface area contributed by atoms with E-state index in [1.54, 1.807) is 7.11 Å². The first-order valence-corrected chi connectivity index (χ1v) is 8.61. The van der Waals surface area contributed by atoms with Crippen molar-refractivity contribution in [3.63, 3.8) is 0 Å². The molecule has 1 aliphatic carbocycles. The fraction of sp³-hybridized carbons (Fsp3) is 0.556. The summed E-state index contributed by atoms with van der Waals surface area (Å²) in [5.41, 5.74) is 1.14. The van der Waals surface area contributed by atoms with Gasteiger partial charge in [-0.05, 0) is 37.0 Å². The third-order valence-corrected chi connectivity index (χ3v) is 4.29. The molecule has 0 unspecified atom stereocenters. The van der Waals surface area contributed by atoms with Crippen molar-refractivity contribution in [3.8, 4) is 5.75 Å². The molecule has 2 rings (SSSR count). The summed E-state index contributed by atoms with van der Waals surface area (Å²) in [4.78, 5) is 23.5. The van der Waals surface area contributed by atoms with E-state index in [2.05, 4.69) is 16.0 Å². The third-order valence-electron chi connectivity index (χ3n) is 4.29. The minimum Gasteiger partial charge on any atom is -0.497 e. The molecule has 0 aromatic heterocycles. The number of hydrogen-bond acceptors (Lipinski definition) is 3. The lowest BCUT2D eigenvalue weighted by molar-refractivity contribution is -0.124. The molecule has 0 saturated heterocycles. The Bertz CT molecular complexity index is 525. The third kappa shape index (κ3) is 6.10. The van der Waals surface area contributed by atoms with Crippen LogP contribution in [0.3, 0.4) is 0 Å². The molecule has 1 aromatic carbocycles. The summed E-state index contributed by atoms with van der Waals surface area (Å²) in [7, 11) is 1.64. The van der Waals surface area contributed by atoms with Crippen LogP contribution in [0.15, 0.2) is 24.3 Å². The molecule has 3 amide bonds. The zero-order valence-corrected chi connectivity index (χ0v) is 14.3. The predicted molar refractivity (Wildman–Crippen MR) is 93.1 cm³/mol. The van der Waals surface area contributed by atoms with E-state index in [9.17, 15) is 9.59 Å². The average molecular weight is 333 g/mol. The number of ether oxygens (including phenoxy) is 1. The van der Waals surface area contributed by atoms with Crippen LogP contribution in [0.5, 0.6) is 5.75 Å². The van der Waals surface area contributed by atoms with Gasteiger partial charge in [0.25, 0.3) is 0 Å². The molecular formula is C18H27N3O3. The number of carbonyl (C=O) groups is 2. The van der Waals surface area contributed by atoms with E-state index in [4.69, 9.17) is 4.74 Å². The highest BCUT2D eigenvalue weighted by Crippen LogP contribution is 2.24. The molecule has 1 aromatic rings. The normalized spacial score (nSPS) is 14.2. The molecule has 6 nitrogen and oxygen atoms in total. The van der Waals surface area contributed by atoms with Crippen LogP contribution in [0, 0.1) is 5.92 Å². The number of hydrogen-bond donors (Lipinski definition) is 3. The number of benzene rings is 1. The van der Waals surface area contributed by atoms with Crippen LogP contribution in [0.2, 0.25) is 0 Å². The first-order valence-electron chi connectivity index (χ1n) is 8.61. The number of rotatable bonds is 8. The summed E-state index contributed by atoms with van der Waals surface area (Å²) in [6, 6.07) is 7.57. The lowest BCUT2D eigenvalue weighted by atomic mass is 10.1. The van der Waals surface area contributed by atoms with Gasteiger partial charge in [-0.1, -0.05) is 25.0 Å². The molecule has 0 spiro atoms. The zero-order chi connectivity index (χ0) is 17.2. The van der Waals surface area contributed by atoms with Gasteiger partial charge in [0.15, 0.2) is 0 Å². The van der Waals surface area contributed by atoms with Crippen molar-refractivity contribution >= 4 is 11.9 Å². The monoisotopic (exact) mass is 333 g/mol. The Morgan fingerprint density at radius 1 is 1.00 bits per heavy atom. The van der Waals surface area contributed by atoms with Gasteiger partial charge >= 0.3 is 6.03 Å². The van der Waals surface area contributed by atoms with Crippen molar-refractivity contribution in [1.29, 1.82) is 0 Å². The topological polar surface area (TPSA) is 79.5 Å². The first-order chi connectivity index (χ1) is 11.7. The Balaban J connectivity index is 1.52. The maximum Gasteiger partial charge on any atom is 0.314 e. The van der Waals surface area contributed by atoms with E-state index < -0.39 is 0 Å². The molecule has 0 heterocycles. The Morgan fingerprint density at radius 3 is 2.29 bits per heavy atom. The van der Waals surface area contributed by atoms with E-state index in [-0.39, 0.29) is 17.9 Å². The maximum atomic E-state index is 11.8. The van der Waals surface area contributed by atoms with Crippen LogP contribution >= 0.6 is 0 Å². The van der Waals surface area contributed by atoms with E-state index in [1.165, 1.54) is 0 Å². The Kier molecular flexibility index (Phi) is 7.39. The predicted octanol–water partition coefficient (Wildman–Crippen LogP) is 1.84. The van der Waals surface area contributed by atoms with Gasteiger partial charge in [-0.25, -0.2) is 4.79 Å². The van der Waals surface area contributed by atoms with E-state index >= 15 is 0 Å². The van der Waals surface area contributed by atoms with Gasteiger partial charge in [-0.15, -0.1) is 0 Å². The summed E-state index contributed by atoms with van der Waals surface area (Å²) in [5.74, 6) is 1.11. The average Bonchev–Trinajstić information content (AvgIpc) is 3.14. The molecule has 0 bridgehead atoms. The van der Waals surface area contributed by atoms with Crippen LogP contribution in [0.25, 0.3) is 0 Å². The lowest BCUT2D eigenvalue weighted by Crippen LogP contribution is -2.41. The fourth-order valence-corrected chi connectivity index (χ4v) is 2.87. The fourth-order valence-electron chi connectivity index (χ4n) is 2.87. The lowest BCUT2D eigenvalue weighted by Gasteiger charge is -2.11. The van der Waals surface area contributed by atoms with Gasteiger partial charge in [0.1, 0.15) is 5.75 Å².